The number of thioether (sulfide) groups is 1. The van der Waals surface area contributed by atoms with Gasteiger partial charge in [-0.15, -0.1) is 0 Å². The highest BCUT2D eigenvalue weighted by Crippen LogP contribution is 2.36. The number of nitrogens with zero attached hydrogens (tertiary/aromatic N) is 2. The first-order valence-corrected chi connectivity index (χ1v) is 13.4. The lowest BCUT2D eigenvalue weighted by molar-refractivity contribution is -0.0134. The molecular weight excluding hydrogens is 536 g/mol. The largest absolute Gasteiger partial charge is 0.496 e. The van der Waals surface area contributed by atoms with Gasteiger partial charge in [-0.1, -0.05) is 35.5 Å². The standard InChI is InChI=1S/C17H20N2O2S.C8H6O7S/c1-4-20-15-11-17(16(21-5-2)10-14(15)19-18)22-13-8-6-12(3)7-9-13;9-7(10)4-2-1-3-5(8(11)12)6(4)16(13,14)15/h6-9,11H,4-5,10H2,1-3H3;1-3H,(H,9,10)(H,11,12)(H,13,14,15). The summed E-state index contributed by atoms with van der Waals surface area (Å²) < 4.78 is 41.9. The molecule has 38 heavy (non-hydrogen) atoms. The lowest BCUT2D eigenvalue weighted by Gasteiger charge is -2.17. The minimum atomic E-state index is -4.92. The van der Waals surface area contributed by atoms with Gasteiger partial charge in [-0.3, -0.25) is 4.55 Å². The minimum absolute atomic E-state index is 0.435. The van der Waals surface area contributed by atoms with E-state index in [2.05, 4.69) is 36.0 Å². The lowest BCUT2D eigenvalue weighted by Crippen LogP contribution is -2.15. The van der Waals surface area contributed by atoms with Gasteiger partial charge in [0.15, 0.2) is 0 Å². The second-order valence-electron chi connectivity index (χ2n) is 7.57. The van der Waals surface area contributed by atoms with Crippen molar-refractivity contribution in [3.63, 3.8) is 0 Å². The molecule has 0 saturated carbocycles. The third-order valence-corrected chi connectivity index (χ3v) is 6.90. The number of carbonyl (C=O) groups is 2. The SMILES string of the molecule is CCOC1=CC(Sc2ccc(C)cc2)=C(OCC)CC1=[N+]=[N-].O=C(O)c1cccc(C(=O)O)c1S(=O)(=O)O. The zero-order chi connectivity index (χ0) is 28.5. The Kier molecular flexibility index (Phi) is 10.8. The summed E-state index contributed by atoms with van der Waals surface area (Å²) >= 11 is 1.63. The Hall–Kier alpha value is -3.90. The van der Waals surface area contributed by atoms with Crippen molar-refractivity contribution in [3.05, 3.63) is 87.2 Å². The number of carboxylic acid groups (broad SMARTS) is 2. The van der Waals surface area contributed by atoms with E-state index >= 15 is 0 Å². The van der Waals surface area contributed by atoms with Gasteiger partial charge in [-0.25, -0.2) is 9.59 Å². The van der Waals surface area contributed by atoms with E-state index in [0.29, 0.717) is 31.1 Å². The molecule has 11 nitrogen and oxygen atoms in total. The molecule has 0 amide bonds. The number of aryl methyl sites for hydroxylation is 1. The molecule has 3 rings (SSSR count). The molecule has 0 saturated heterocycles. The van der Waals surface area contributed by atoms with Crippen molar-refractivity contribution in [1.29, 1.82) is 0 Å². The van der Waals surface area contributed by atoms with Crippen LogP contribution in [0, 0.1) is 6.92 Å². The Balaban J connectivity index is 0.000000281. The molecule has 0 heterocycles. The highest BCUT2D eigenvalue weighted by atomic mass is 32.2. The van der Waals surface area contributed by atoms with Gasteiger partial charge in [-0.05, 0) is 45.0 Å². The van der Waals surface area contributed by atoms with Crippen LogP contribution in [0.2, 0.25) is 0 Å². The van der Waals surface area contributed by atoms with E-state index in [-0.39, 0.29) is 0 Å². The molecule has 0 radical (unpaired) electrons. The second kappa shape index (κ2) is 13.6. The zero-order valence-corrected chi connectivity index (χ0v) is 22.4. The van der Waals surface area contributed by atoms with E-state index in [1.54, 1.807) is 11.8 Å². The number of hydrogen-bond donors (Lipinski definition) is 3. The Morgan fingerprint density at radius 1 is 1.00 bits per heavy atom. The predicted octanol–water partition coefficient (Wildman–Crippen LogP) is 4.66. The van der Waals surface area contributed by atoms with Crippen LogP contribution in [-0.2, 0) is 19.6 Å². The molecule has 0 bridgehead atoms. The van der Waals surface area contributed by atoms with Crippen molar-refractivity contribution in [2.24, 2.45) is 0 Å². The number of allylic oxidation sites excluding steroid dienone is 3. The molecule has 202 valence electrons. The monoisotopic (exact) mass is 562 g/mol. The van der Waals surface area contributed by atoms with Gasteiger partial charge in [0.05, 0.1) is 29.2 Å². The predicted molar refractivity (Wildman–Crippen MR) is 139 cm³/mol. The molecule has 3 N–H and O–H groups in total. The molecule has 0 aliphatic heterocycles. The van der Waals surface area contributed by atoms with Crippen molar-refractivity contribution in [1.82, 2.24) is 0 Å². The fourth-order valence-electron chi connectivity index (χ4n) is 3.24. The summed E-state index contributed by atoms with van der Waals surface area (Å²) in [6, 6.07) is 11.2. The van der Waals surface area contributed by atoms with Crippen molar-refractivity contribution < 1.29 is 47.0 Å². The van der Waals surface area contributed by atoms with Crippen LogP contribution in [0.15, 0.2) is 74.8 Å². The summed E-state index contributed by atoms with van der Waals surface area (Å²) in [6.07, 6.45) is 2.32. The average molecular weight is 563 g/mol. The van der Waals surface area contributed by atoms with Crippen molar-refractivity contribution in [2.45, 2.75) is 37.0 Å². The maximum Gasteiger partial charge on any atom is 0.340 e. The zero-order valence-electron chi connectivity index (χ0n) is 20.7. The van der Waals surface area contributed by atoms with Crippen LogP contribution in [0.4, 0.5) is 0 Å². The third kappa shape index (κ3) is 8.05. The molecule has 0 spiro atoms. The summed E-state index contributed by atoms with van der Waals surface area (Å²) in [4.78, 5) is 25.7. The summed E-state index contributed by atoms with van der Waals surface area (Å²) in [5, 5.41) is 17.3. The van der Waals surface area contributed by atoms with Crippen LogP contribution in [0.25, 0.3) is 5.53 Å². The van der Waals surface area contributed by atoms with E-state index in [0.717, 1.165) is 33.8 Å². The van der Waals surface area contributed by atoms with E-state index in [4.69, 9.17) is 29.8 Å². The van der Waals surface area contributed by atoms with Crippen LogP contribution in [-0.4, -0.2) is 58.8 Å². The third-order valence-electron chi connectivity index (χ3n) is 4.87. The number of ether oxygens (including phenoxy) is 2. The van der Waals surface area contributed by atoms with Crippen LogP contribution in [0.5, 0.6) is 0 Å². The van der Waals surface area contributed by atoms with Crippen LogP contribution >= 0.6 is 11.8 Å². The summed E-state index contributed by atoms with van der Waals surface area (Å²) in [5.41, 5.74) is 9.31. The lowest BCUT2D eigenvalue weighted by atomic mass is 10.1. The molecule has 0 aromatic heterocycles. The quantitative estimate of drug-likeness (QED) is 0.221. The van der Waals surface area contributed by atoms with Crippen LogP contribution in [0.3, 0.4) is 0 Å². The fraction of sp³-hybridized carbons (Fsp3) is 0.240. The van der Waals surface area contributed by atoms with Crippen LogP contribution < -0.4 is 0 Å². The Labute approximate surface area is 223 Å². The molecule has 1 aliphatic carbocycles. The molecule has 13 heteroatoms. The summed E-state index contributed by atoms with van der Waals surface area (Å²) in [7, 11) is -4.92. The van der Waals surface area contributed by atoms with Gasteiger partial charge < -0.3 is 25.2 Å². The Morgan fingerprint density at radius 2 is 1.55 bits per heavy atom. The first kappa shape index (κ1) is 30.3. The van der Waals surface area contributed by atoms with Gasteiger partial charge >= 0.3 is 17.7 Å². The highest BCUT2D eigenvalue weighted by molar-refractivity contribution is 8.03. The van der Waals surface area contributed by atoms with Crippen LogP contribution in [0.1, 0.15) is 46.5 Å². The Morgan fingerprint density at radius 3 is 2.00 bits per heavy atom. The fourth-order valence-corrected chi connectivity index (χ4v) is 5.05. The maximum absolute atomic E-state index is 10.9. The van der Waals surface area contributed by atoms with E-state index in [1.165, 1.54) is 5.56 Å². The van der Waals surface area contributed by atoms with Crippen molar-refractivity contribution in [3.8, 4) is 0 Å². The van der Waals surface area contributed by atoms with E-state index in [9.17, 15) is 18.0 Å². The normalized spacial score (nSPS) is 13.1. The van der Waals surface area contributed by atoms with Gasteiger partial charge in [0.25, 0.3) is 10.1 Å². The topological polar surface area (TPSA) is 184 Å². The summed E-state index contributed by atoms with van der Waals surface area (Å²) in [6.45, 7) is 7.02. The number of aromatic carboxylic acids is 2. The van der Waals surface area contributed by atoms with Gasteiger partial charge in [0.2, 0.25) is 5.76 Å². The summed E-state index contributed by atoms with van der Waals surface area (Å²) in [5.74, 6) is -1.88. The van der Waals surface area contributed by atoms with E-state index < -0.39 is 38.1 Å². The molecule has 2 aromatic carbocycles. The molecule has 2 aromatic rings. The van der Waals surface area contributed by atoms with Crippen molar-refractivity contribution >= 4 is 39.5 Å². The average Bonchev–Trinajstić information content (AvgIpc) is 2.86. The van der Waals surface area contributed by atoms with E-state index in [1.807, 2.05) is 19.9 Å². The molecule has 0 atom stereocenters. The number of carboxylic acids is 2. The smallest absolute Gasteiger partial charge is 0.340 e. The maximum atomic E-state index is 10.9. The van der Waals surface area contributed by atoms with Crippen molar-refractivity contribution in [2.75, 3.05) is 13.2 Å². The number of hydrogen-bond acceptors (Lipinski definition) is 7. The first-order valence-electron chi connectivity index (χ1n) is 11.2. The molecular formula is C25H26N2O9S2. The highest BCUT2D eigenvalue weighted by Gasteiger charge is 2.28. The van der Waals surface area contributed by atoms with Gasteiger partial charge in [0, 0.05) is 11.0 Å². The Bertz CT molecular complexity index is 1390. The molecule has 0 unspecified atom stereocenters. The second-order valence-corrected chi connectivity index (χ2v) is 10.0. The van der Waals surface area contributed by atoms with Gasteiger partial charge in [-0.2, -0.15) is 13.2 Å². The first-order chi connectivity index (χ1) is 17.9. The molecule has 1 aliphatic rings. The number of rotatable bonds is 9. The minimum Gasteiger partial charge on any atom is -0.496 e. The number of benzene rings is 2. The van der Waals surface area contributed by atoms with Gasteiger partial charge in [0.1, 0.15) is 17.1 Å². The molecule has 0 fully saturated rings.